The summed E-state index contributed by atoms with van der Waals surface area (Å²) in [5.74, 6) is -2.21. The van der Waals surface area contributed by atoms with E-state index in [2.05, 4.69) is 15.5 Å². The van der Waals surface area contributed by atoms with Crippen LogP contribution in [0.2, 0.25) is 0 Å². The first-order chi connectivity index (χ1) is 15.0. The maximum absolute atomic E-state index is 14.8. The lowest BCUT2D eigenvalue weighted by molar-refractivity contribution is -0.123. The van der Waals surface area contributed by atoms with E-state index in [0.717, 1.165) is 30.6 Å². The van der Waals surface area contributed by atoms with E-state index in [4.69, 9.17) is 0 Å². The van der Waals surface area contributed by atoms with E-state index in [1.165, 1.54) is 54.7 Å². The number of nitrogens with zero attached hydrogens (tertiary/aromatic N) is 2. The lowest BCUT2D eigenvalue weighted by atomic mass is 10.0. The van der Waals surface area contributed by atoms with Gasteiger partial charge < -0.3 is 5.32 Å². The second-order valence-corrected chi connectivity index (χ2v) is 7.54. The minimum atomic E-state index is -1.20. The summed E-state index contributed by atoms with van der Waals surface area (Å²) in [4.78, 5) is 28.0. The van der Waals surface area contributed by atoms with E-state index in [-0.39, 0.29) is 17.4 Å². The topological polar surface area (TPSA) is 78.1 Å². The summed E-state index contributed by atoms with van der Waals surface area (Å²) < 4.78 is 28.4. The fourth-order valence-electron chi connectivity index (χ4n) is 3.93. The van der Waals surface area contributed by atoms with E-state index in [0.29, 0.717) is 5.56 Å². The van der Waals surface area contributed by atoms with Crippen molar-refractivity contribution in [1.29, 1.82) is 0 Å². The lowest BCUT2D eigenvalue weighted by Gasteiger charge is -2.32. The van der Waals surface area contributed by atoms with Gasteiger partial charge in [-0.15, -0.1) is 0 Å². The van der Waals surface area contributed by atoms with Gasteiger partial charge in [-0.1, -0.05) is 37.1 Å². The fraction of sp³-hybridized carbons (Fsp3) is 0.261. The Morgan fingerprint density at radius 3 is 2.39 bits per heavy atom. The van der Waals surface area contributed by atoms with Crippen LogP contribution >= 0.6 is 0 Å². The third-order valence-corrected chi connectivity index (χ3v) is 5.46. The molecule has 160 valence electrons. The van der Waals surface area contributed by atoms with Crippen LogP contribution in [0.15, 0.2) is 60.8 Å². The van der Waals surface area contributed by atoms with E-state index >= 15 is 0 Å². The number of anilines is 1. The second-order valence-electron chi connectivity index (χ2n) is 7.54. The Labute approximate surface area is 178 Å². The molecule has 1 saturated carbocycles. The highest BCUT2D eigenvalue weighted by Gasteiger charge is 2.36. The normalized spacial score (nSPS) is 14.9. The van der Waals surface area contributed by atoms with Gasteiger partial charge in [-0.2, -0.15) is 5.10 Å². The maximum atomic E-state index is 14.8. The largest absolute Gasteiger partial charge is 0.351 e. The highest BCUT2D eigenvalue weighted by atomic mass is 19.1. The zero-order valence-electron chi connectivity index (χ0n) is 16.7. The van der Waals surface area contributed by atoms with Gasteiger partial charge in [-0.25, -0.2) is 8.78 Å². The molecule has 2 N–H and O–H groups in total. The number of amides is 2. The minimum Gasteiger partial charge on any atom is -0.351 e. The Kier molecular flexibility index (Phi) is 6.06. The summed E-state index contributed by atoms with van der Waals surface area (Å²) >= 11 is 0. The fourth-order valence-corrected chi connectivity index (χ4v) is 3.93. The van der Waals surface area contributed by atoms with Crippen LogP contribution in [0.25, 0.3) is 0 Å². The van der Waals surface area contributed by atoms with Crippen molar-refractivity contribution in [3.8, 4) is 0 Å². The quantitative estimate of drug-likeness (QED) is 0.625. The molecule has 0 saturated heterocycles. The first-order valence-electron chi connectivity index (χ1n) is 10.2. The van der Waals surface area contributed by atoms with E-state index in [1.54, 1.807) is 6.07 Å². The molecule has 1 fully saturated rings. The molecule has 8 heteroatoms. The molecule has 31 heavy (non-hydrogen) atoms. The zero-order chi connectivity index (χ0) is 21.8. The van der Waals surface area contributed by atoms with E-state index < -0.39 is 29.5 Å². The van der Waals surface area contributed by atoms with Crippen molar-refractivity contribution >= 4 is 17.5 Å². The molecule has 6 nitrogen and oxygen atoms in total. The number of nitrogens with one attached hydrogen (secondary N) is 2. The Hall–Kier alpha value is -3.55. The molecule has 1 heterocycles. The number of rotatable bonds is 6. The van der Waals surface area contributed by atoms with Crippen LogP contribution in [-0.4, -0.2) is 28.1 Å². The Bertz CT molecular complexity index is 1050. The first-order valence-corrected chi connectivity index (χ1v) is 10.2. The van der Waals surface area contributed by atoms with Crippen molar-refractivity contribution in [3.05, 3.63) is 83.7 Å². The van der Waals surface area contributed by atoms with Gasteiger partial charge in [0.1, 0.15) is 23.4 Å². The van der Waals surface area contributed by atoms with Crippen molar-refractivity contribution < 1.29 is 18.4 Å². The van der Waals surface area contributed by atoms with Gasteiger partial charge in [-0.05, 0) is 48.7 Å². The van der Waals surface area contributed by atoms with Crippen molar-refractivity contribution in [2.75, 3.05) is 4.90 Å². The summed E-state index contributed by atoms with van der Waals surface area (Å²) in [5, 5.41) is 9.36. The Morgan fingerprint density at radius 2 is 1.74 bits per heavy atom. The van der Waals surface area contributed by atoms with Crippen molar-refractivity contribution in [3.63, 3.8) is 0 Å². The summed E-state index contributed by atoms with van der Waals surface area (Å²) in [6.07, 6.45) is 5.11. The predicted molar refractivity (Wildman–Crippen MR) is 111 cm³/mol. The summed E-state index contributed by atoms with van der Waals surface area (Å²) in [6, 6.07) is 11.3. The zero-order valence-corrected chi connectivity index (χ0v) is 16.7. The van der Waals surface area contributed by atoms with Gasteiger partial charge in [0.15, 0.2) is 0 Å². The van der Waals surface area contributed by atoms with Gasteiger partial charge in [0.2, 0.25) is 5.91 Å². The number of hydrogen-bond donors (Lipinski definition) is 2. The van der Waals surface area contributed by atoms with Crippen molar-refractivity contribution in [2.45, 2.75) is 37.8 Å². The third kappa shape index (κ3) is 4.47. The third-order valence-electron chi connectivity index (χ3n) is 5.46. The molecule has 2 amide bonds. The minimum absolute atomic E-state index is 0.0137. The van der Waals surface area contributed by atoms with Crippen LogP contribution in [0.1, 0.15) is 47.8 Å². The molecule has 4 rings (SSSR count). The van der Waals surface area contributed by atoms with Gasteiger partial charge in [0.25, 0.3) is 5.91 Å². The summed E-state index contributed by atoms with van der Waals surface area (Å²) in [5.41, 5.74) is 0.412. The van der Waals surface area contributed by atoms with Gasteiger partial charge >= 0.3 is 0 Å². The maximum Gasteiger partial charge on any atom is 0.277 e. The van der Waals surface area contributed by atoms with Crippen LogP contribution in [0.4, 0.5) is 14.5 Å². The van der Waals surface area contributed by atoms with Crippen LogP contribution < -0.4 is 10.2 Å². The number of carbonyl (C=O) groups excluding carboxylic acids is 2. The average molecular weight is 424 g/mol. The smallest absolute Gasteiger partial charge is 0.277 e. The van der Waals surface area contributed by atoms with Crippen LogP contribution in [0.5, 0.6) is 0 Å². The molecule has 1 atom stereocenters. The number of halogens is 2. The molecule has 1 aromatic heterocycles. The number of carbonyl (C=O) groups is 2. The van der Waals surface area contributed by atoms with Crippen LogP contribution in [0, 0.1) is 11.6 Å². The summed E-state index contributed by atoms with van der Waals surface area (Å²) in [6.45, 7) is 0. The van der Waals surface area contributed by atoms with Crippen molar-refractivity contribution in [2.24, 2.45) is 0 Å². The number of benzene rings is 2. The van der Waals surface area contributed by atoms with E-state index in [9.17, 15) is 18.4 Å². The molecular formula is C23H22F2N4O2. The monoisotopic (exact) mass is 424 g/mol. The van der Waals surface area contributed by atoms with E-state index in [1.807, 2.05) is 0 Å². The standard InChI is InChI=1S/C23H22F2N4O2/c24-16-11-9-15(10-12-16)21(22(30)27-17-5-1-2-6-17)29(20-8-4-3-7-18(20)25)23(31)19-13-14-26-28-19/h3-4,7-14,17,21H,1-2,5-6H2,(H,26,28)(H,27,30). The molecule has 0 bridgehead atoms. The highest BCUT2D eigenvalue weighted by molar-refractivity contribution is 6.09. The Morgan fingerprint density at radius 1 is 1.03 bits per heavy atom. The molecule has 0 aliphatic heterocycles. The van der Waals surface area contributed by atoms with Crippen LogP contribution in [0.3, 0.4) is 0 Å². The van der Waals surface area contributed by atoms with Crippen molar-refractivity contribution in [1.82, 2.24) is 15.5 Å². The van der Waals surface area contributed by atoms with Gasteiger partial charge in [0.05, 0.1) is 5.69 Å². The number of H-pyrrole nitrogens is 1. The number of hydrogen-bond acceptors (Lipinski definition) is 3. The van der Waals surface area contributed by atoms with Gasteiger partial charge in [0, 0.05) is 12.2 Å². The van der Waals surface area contributed by atoms with Gasteiger partial charge in [-0.3, -0.25) is 19.6 Å². The molecule has 1 aliphatic carbocycles. The molecular weight excluding hydrogens is 402 g/mol. The number of para-hydroxylation sites is 1. The van der Waals surface area contributed by atoms with Crippen LogP contribution in [-0.2, 0) is 4.79 Å². The SMILES string of the molecule is O=C(NC1CCCC1)C(c1ccc(F)cc1)N(C(=O)c1ccn[nH]1)c1ccccc1F. The predicted octanol–water partition coefficient (Wildman–Crippen LogP) is 4.13. The molecule has 1 aliphatic rings. The molecule has 3 aromatic rings. The molecule has 0 spiro atoms. The molecule has 2 aromatic carbocycles. The second kappa shape index (κ2) is 9.07. The summed E-state index contributed by atoms with van der Waals surface area (Å²) in [7, 11) is 0. The molecule has 1 unspecified atom stereocenters. The number of aromatic amines is 1. The first kappa shape index (κ1) is 20.7. The highest BCUT2D eigenvalue weighted by Crippen LogP contribution is 2.32. The molecule has 0 radical (unpaired) electrons. The lowest BCUT2D eigenvalue weighted by Crippen LogP contribution is -2.46. The Balaban J connectivity index is 1.82. The average Bonchev–Trinajstić information content (AvgIpc) is 3.47. The number of aromatic nitrogens is 2.